The normalized spacial score (nSPS) is 20.7. The van der Waals surface area contributed by atoms with E-state index in [0.717, 1.165) is 30.6 Å². The van der Waals surface area contributed by atoms with Crippen LogP contribution in [0.25, 0.3) is 0 Å². The van der Waals surface area contributed by atoms with Gasteiger partial charge in [-0.1, -0.05) is 58.3 Å². The zero-order chi connectivity index (χ0) is 17.2. The van der Waals surface area contributed by atoms with Crippen LogP contribution < -0.4 is 4.74 Å². The monoisotopic (exact) mass is 332 g/mol. The SMILES string of the molecule is CCCCCC1CCC(CCCOc2ccc(C(=O)O)cc2)CC1. The van der Waals surface area contributed by atoms with E-state index in [4.69, 9.17) is 9.84 Å². The largest absolute Gasteiger partial charge is 0.494 e. The van der Waals surface area contributed by atoms with E-state index >= 15 is 0 Å². The van der Waals surface area contributed by atoms with Crippen LogP contribution in [0, 0.1) is 11.8 Å². The minimum absolute atomic E-state index is 0.304. The van der Waals surface area contributed by atoms with Gasteiger partial charge in [-0.2, -0.15) is 0 Å². The summed E-state index contributed by atoms with van der Waals surface area (Å²) in [7, 11) is 0. The fourth-order valence-electron chi connectivity index (χ4n) is 3.75. The number of carboxylic acids is 1. The first-order valence-corrected chi connectivity index (χ1v) is 9.65. The Kier molecular flexibility index (Phi) is 8.14. The molecule has 3 nitrogen and oxygen atoms in total. The molecule has 134 valence electrons. The Morgan fingerprint density at radius 1 is 1.00 bits per heavy atom. The molecule has 0 radical (unpaired) electrons. The number of benzene rings is 1. The molecule has 0 heterocycles. The summed E-state index contributed by atoms with van der Waals surface area (Å²) in [4.78, 5) is 10.8. The van der Waals surface area contributed by atoms with E-state index in [1.807, 2.05) is 0 Å². The standard InChI is InChI=1S/C21H32O3/c1-2-3-4-6-17-8-10-18(11-9-17)7-5-16-24-20-14-12-19(13-15-20)21(22)23/h12-15,17-18H,2-11,16H2,1H3,(H,22,23). The number of hydrogen-bond acceptors (Lipinski definition) is 2. The first kappa shape index (κ1) is 18.8. The molecule has 3 heteroatoms. The highest BCUT2D eigenvalue weighted by atomic mass is 16.5. The second-order valence-corrected chi connectivity index (χ2v) is 7.20. The van der Waals surface area contributed by atoms with Crippen LogP contribution in [0.4, 0.5) is 0 Å². The molecule has 0 saturated heterocycles. The van der Waals surface area contributed by atoms with Crippen LogP contribution in [0.2, 0.25) is 0 Å². The van der Waals surface area contributed by atoms with Gasteiger partial charge in [0.15, 0.2) is 0 Å². The molecule has 0 amide bonds. The molecule has 1 aliphatic carbocycles. The lowest BCUT2D eigenvalue weighted by molar-refractivity contribution is 0.0697. The molecule has 0 aliphatic heterocycles. The van der Waals surface area contributed by atoms with Crippen molar-refractivity contribution in [1.82, 2.24) is 0 Å². The van der Waals surface area contributed by atoms with Crippen molar-refractivity contribution in [3.63, 3.8) is 0 Å². The predicted octanol–water partition coefficient (Wildman–Crippen LogP) is 5.93. The number of carboxylic acid groups (broad SMARTS) is 1. The van der Waals surface area contributed by atoms with E-state index in [1.165, 1.54) is 57.8 Å². The molecule has 0 bridgehead atoms. The van der Waals surface area contributed by atoms with E-state index in [1.54, 1.807) is 24.3 Å². The summed E-state index contributed by atoms with van der Waals surface area (Å²) < 4.78 is 5.73. The third-order valence-corrected chi connectivity index (χ3v) is 5.31. The van der Waals surface area contributed by atoms with Gasteiger partial charge in [-0.15, -0.1) is 0 Å². The fourth-order valence-corrected chi connectivity index (χ4v) is 3.75. The number of aromatic carboxylic acids is 1. The highest BCUT2D eigenvalue weighted by Gasteiger charge is 2.20. The van der Waals surface area contributed by atoms with E-state index in [9.17, 15) is 4.79 Å². The van der Waals surface area contributed by atoms with Crippen LogP contribution in [0.5, 0.6) is 5.75 Å². The van der Waals surface area contributed by atoms with Crippen LogP contribution in [0.15, 0.2) is 24.3 Å². The average Bonchev–Trinajstić information content (AvgIpc) is 2.60. The second kappa shape index (κ2) is 10.4. The topological polar surface area (TPSA) is 46.5 Å². The number of hydrogen-bond donors (Lipinski definition) is 1. The second-order valence-electron chi connectivity index (χ2n) is 7.20. The Bertz CT molecular complexity index is 472. The maximum absolute atomic E-state index is 10.8. The van der Waals surface area contributed by atoms with Crippen molar-refractivity contribution in [3.05, 3.63) is 29.8 Å². The van der Waals surface area contributed by atoms with E-state index in [-0.39, 0.29) is 0 Å². The van der Waals surface area contributed by atoms with Crippen LogP contribution in [-0.4, -0.2) is 17.7 Å². The third-order valence-electron chi connectivity index (χ3n) is 5.31. The molecule has 1 N–H and O–H groups in total. The molecule has 0 aromatic heterocycles. The average molecular weight is 332 g/mol. The van der Waals surface area contributed by atoms with Gasteiger partial charge in [0.25, 0.3) is 0 Å². The molecule has 1 saturated carbocycles. The first-order chi connectivity index (χ1) is 11.7. The summed E-state index contributed by atoms with van der Waals surface area (Å²) in [5.74, 6) is 1.73. The molecule has 2 rings (SSSR count). The van der Waals surface area contributed by atoms with Gasteiger partial charge in [0, 0.05) is 0 Å². The summed E-state index contributed by atoms with van der Waals surface area (Å²) in [5.41, 5.74) is 0.304. The van der Waals surface area contributed by atoms with Crippen LogP contribution in [0.1, 0.15) is 81.5 Å². The van der Waals surface area contributed by atoms with Gasteiger partial charge < -0.3 is 9.84 Å². The van der Waals surface area contributed by atoms with Crippen molar-refractivity contribution >= 4 is 5.97 Å². The first-order valence-electron chi connectivity index (χ1n) is 9.65. The molecule has 0 unspecified atom stereocenters. The number of rotatable bonds is 10. The molecule has 0 spiro atoms. The molecule has 1 aliphatic rings. The highest BCUT2D eigenvalue weighted by Crippen LogP contribution is 2.34. The summed E-state index contributed by atoms with van der Waals surface area (Å²) in [6.07, 6.45) is 13.6. The van der Waals surface area contributed by atoms with Crippen molar-refractivity contribution in [2.24, 2.45) is 11.8 Å². The molecular weight excluding hydrogens is 300 g/mol. The number of unbranched alkanes of at least 4 members (excludes halogenated alkanes) is 2. The quantitative estimate of drug-likeness (QED) is 0.540. The van der Waals surface area contributed by atoms with Crippen LogP contribution in [0.3, 0.4) is 0 Å². The molecule has 1 aromatic rings. The van der Waals surface area contributed by atoms with Crippen molar-refractivity contribution in [1.29, 1.82) is 0 Å². The summed E-state index contributed by atoms with van der Waals surface area (Å²) in [6.45, 7) is 3.00. The maximum Gasteiger partial charge on any atom is 0.335 e. The van der Waals surface area contributed by atoms with Gasteiger partial charge in [0.05, 0.1) is 12.2 Å². The minimum Gasteiger partial charge on any atom is -0.494 e. The zero-order valence-electron chi connectivity index (χ0n) is 15.0. The lowest BCUT2D eigenvalue weighted by atomic mass is 9.78. The van der Waals surface area contributed by atoms with Crippen molar-refractivity contribution in [2.45, 2.75) is 71.1 Å². The minimum atomic E-state index is -0.896. The van der Waals surface area contributed by atoms with Gasteiger partial charge >= 0.3 is 5.97 Å². The lowest BCUT2D eigenvalue weighted by Crippen LogP contribution is -2.15. The van der Waals surface area contributed by atoms with Crippen molar-refractivity contribution in [3.8, 4) is 5.75 Å². The summed E-state index contributed by atoms with van der Waals surface area (Å²) >= 11 is 0. The van der Waals surface area contributed by atoms with Crippen LogP contribution >= 0.6 is 0 Å². The zero-order valence-corrected chi connectivity index (χ0v) is 15.0. The number of carbonyl (C=O) groups is 1. The van der Waals surface area contributed by atoms with Crippen molar-refractivity contribution in [2.75, 3.05) is 6.61 Å². The Morgan fingerprint density at radius 3 is 2.12 bits per heavy atom. The molecular formula is C21H32O3. The Morgan fingerprint density at radius 2 is 1.58 bits per heavy atom. The Balaban J connectivity index is 1.56. The van der Waals surface area contributed by atoms with Gasteiger partial charge in [-0.3, -0.25) is 0 Å². The maximum atomic E-state index is 10.8. The smallest absolute Gasteiger partial charge is 0.335 e. The van der Waals surface area contributed by atoms with E-state index in [2.05, 4.69) is 6.92 Å². The van der Waals surface area contributed by atoms with Crippen LogP contribution in [-0.2, 0) is 0 Å². The lowest BCUT2D eigenvalue weighted by Gasteiger charge is -2.28. The van der Waals surface area contributed by atoms with E-state index in [0.29, 0.717) is 5.56 Å². The molecule has 1 fully saturated rings. The van der Waals surface area contributed by atoms with Crippen molar-refractivity contribution < 1.29 is 14.6 Å². The molecule has 24 heavy (non-hydrogen) atoms. The summed E-state index contributed by atoms with van der Waals surface area (Å²) in [6, 6.07) is 6.67. The highest BCUT2D eigenvalue weighted by molar-refractivity contribution is 5.87. The third kappa shape index (κ3) is 6.54. The fraction of sp³-hybridized carbons (Fsp3) is 0.667. The van der Waals surface area contributed by atoms with E-state index < -0.39 is 5.97 Å². The van der Waals surface area contributed by atoms with Gasteiger partial charge in [0.1, 0.15) is 5.75 Å². The number of ether oxygens (including phenoxy) is 1. The summed E-state index contributed by atoms with van der Waals surface area (Å²) in [5, 5.41) is 8.87. The molecule has 1 aromatic carbocycles. The Hall–Kier alpha value is -1.51. The predicted molar refractivity (Wildman–Crippen MR) is 97.7 cm³/mol. The molecule has 0 atom stereocenters. The Labute approximate surface area is 146 Å². The van der Waals surface area contributed by atoms with Gasteiger partial charge in [0.2, 0.25) is 0 Å². The van der Waals surface area contributed by atoms with Gasteiger partial charge in [-0.25, -0.2) is 4.79 Å². The van der Waals surface area contributed by atoms with Gasteiger partial charge in [-0.05, 0) is 48.9 Å².